The lowest BCUT2D eigenvalue weighted by Gasteiger charge is -2.19. The van der Waals surface area contributed by atoms with Gasteiger partial charge in [0.25, 0.3) is 0 Å². The lowest BCUT2D eigenvalue weighted by molar-refractivity contribution is -0.143. The maximum absolute atomic E-state index is 12.5. The van der Waals surface area contributed by atoms with E-state index < -0.39 is 12.1 Å². The SMILES string of the molecule is CCCCC/C=C\C/C=C\CCCCCCCCCCCC(=O)OCCCCCC/C=C\CCCC(=O)NC(CO)C(O)/C=C/CCCCCCCCCCCCCCCCCCCCCCCC. The molecule has 6 heteroatoms. The van der Waals surface area contributed by atoms with Crippen molar-refractivity contribution >= 4 is 11.9 Å². The number of nitrogens with one attached hydrogen (secondary N) is 1. The summed E-state index contributed by atoms with van der Waals surface area (Å²) in [5, 5.41) is 23.1. The number of hydrogen-bond donors (Lipinski definition) is 3. The fourth-order valence-corrected chi connectivity index (χ4v) is 9.14. The number of aliphatic hydroxyl groups excluding tert-OH is 2. The number of rotatable bonds is 56. The molecule has 6 nitrogen and oxygen atoms in total. The van der Waals surface area contributed by atoms with Crippen molar-refractivity contribution in [3.63, 3.8) is 0 Å². The Labute approximate surface area is 429 Å². The number of esters is 1. The van der Waals surface area contributed by atoms with Crippen LogP contribution >= 0.6 is 0 Å². The van der Waals surface area contributed by atoms with Crippen LogP contribution in [0.2, 0.25) is 0 Å². The molecule has 2 atom stereocenters. The van der Waals surface area contributed by atoms with E-state index in [0.717, 1.165) is 77.0 Å². The van der Waals surface area contributed by atoms with Crippen LogP contribution in [-0.4, -0.2) is 47.4 Å². The van der Waals surface area contributed by atoms with E-state index in [4.69, 9.17) is 4.74 Å². The Morgan fingerprint density at radius 2 is 0.739 bits per heavy atom. The molecule has 0 heterocycles. The van der Waals surface area contributed by atoms with Gasteiger partial charge in [0.05, 0.1) is 25.4 Å². The molecule has 0 rings (SSSR count). The van der Waals surface area contributed by atoms with Gasteiger partial charge in [-0.1, -0.05) is 268 Å². The van der Waals surface area contributed by atoms with E-state index >= 15 is 0 Å². The van der Waals surface area contributed by atoms with Crippen LogP contribution in [0.4, 0.5) is 0 Å². The number of carbonyl (C=O) groups is 2. The van der Waals surface area contributed by atoms with Crippen LogP contribution in [0.5, 0.6) is 0 Å². The summed E-state index contributed by atoms with van der Waals surface area (Å²) >= 11 is 0. The molecule has 69 heavy (non-hydrogen) atoms. The minimum absolute atomic E-state index is 0.0415. The molecule has 0 aliphatic carbocycles. The molecule has 0 saturated heterocycles. The summed E-state index contributed by atoms with van der Waals surface area (Å²) in [6.07, 6.45) is 74.4. The lowest BCUT2D eigenvalue weighted by Crippen LogP contribution is -2.45. The monoisotopic (exact) mass is 968 g/mol. The fourth-order valence-electron chi connectivity index (χ4n) is 9.14. The number of ether oxygens (including phenoxy) is 1. The predicted molar refractivity (Wildman–Crippen MR) is 301 cm³/mol. The summed E-state index contributed by atoms with van der Waals surface area (Å²) in [6, 6.07) is -0.668. The zero-order valence-corrected chi connectivity index (χ0v) is 46.0. The van der Waals surface area contributed by atoms with Crippen molar-refractivity contribution in [2.75, 3.05) is 13.2 Å². The van der Waals surface area contributed by atoms with Crippen molar-refractivity contribution < 1.29 is 24.5 Å². The van der Waals surface area contributed by atoms with E-state index in [-0.39, 0.29) is 18.5 Å². The Morgan fingerprint density at radius 1 is 0.406 bits per heavy atom. The average Bonchev–Trinajstić information content (AvgIpc) is 3.35. The summed E-state index contributed by atoms with van der Waals surface area (Å²) in [7, 11) is 0. The van der Waals surface area contributed by atoms with Crippen molar-refractivity contribution in [2.24, 2.45) is 0 Å². The zero-order chi connectivity index (χ0) is 50.0. The summed E-state index contributed by atoms with van der Waals surface area (Å²) in [6.45, 7) is 4.80. The molecular weight excluding hydrogens is 851 g/mol. The minimum atomic E-state index is -0.878. The third-order valence-electron chi connectivity index (χ3n) is 13.8. The molecule has 0 radical (unpaired) electrons. The Hall–Kier alpha value is -2.18. The molecule has 0 aromatic heterocycles. The molecule has 0 aromatic carbocycles. The first kappa shape index (κ1) is 66.8. The molecule has 0 aromatic rings. The van der Waals surface area contributed by atoms with Crippen LogP contribution in [0.1, 0.15) is 316 Å². The number of aliphatic hydroxyl groups is 2. The van der Waals surface area contributed by atoms with Gasteiger partial charge in [-0.15, -0.1) is 0 Å². The van der Waals surface area contributed by atoms with Gasteiger partial charge in [-0.05, 0) is 83.5 Å². The molecule has 0 aliphatic rings. The third kappa shape index (κ3) is 55.0. The van der Waals surface area contributed by atoms with Gasteiger partial charge in [-0.25, -0.2) is 0 Å². The van der Waals surface area contributed by atoms with Crippen molar-refractivity contribution in [1.82, 2.24) is 5.32 Å². The molecule has 2 unspecified atom stereocenters. The number of unbranched alkanes of at least 4 members (excludes halogenated alkanes) is 39. The molecule has 0 aliphatic heterocycles. The van der Waals surface area contributed by atoms with Gasteiger partial charge in [0.2, 0.25) is 5.91 Å². The van der Waals surface area contributed by atoms with Crippen molar-refractivity contribution in [2.45, 2.75) is 328 Å². The summed E-state index contributed by atoms with van der Waals surface area (Å²) in [5.41, 5.74) is 0. The minimum Gasteiger partial charge on any atom is -0.466 e. The Kier molecular flexibility index (Phi) is 56.5. The quantitative estimate of drug-likeness (QED) is 0.0321. The van der Waals surface area contributed by atoms with E-state index in [1.807, 2.05) is 6.08 Å². The van der Waals surface area contributed by atoms with Gasteiger partial charge in [-0.2, -0.15) is 0 Å². The van der Waals surface area contributed by atoms with Crippen LogP contribution in [0.25, 0.3) is 0 Å². The van der Waals surface area contributed by atoms with E-state index in [0.29, 0.717) is 19.4 Å². The standard InChI is InChI=1S/C63H117NO5/c1-3-5-7-9-11-13-15-17-19-21-23-24-25-26-27-29-30-32-34-36-39-43-47-51-55-61(66)60(59-65)64-62(67)56-52-48-44-40-38-42-46-50-54-58-69-63(68)57-53-49-45-41-37-35-33-31-28-22-20-18-16-14-12-10-8-6-4-2/h12,14,18,20,40,44,51,55,60-61,65-66H,3-11,13,15-17,19,21-39,41-43,45-50,52-54,56-59H2,1-2H3,(H,64,67)/b14-12-,20-18-,44-40-,55-51+. The van der Waals surface area contributed by atoms with E-state index in [2.05, 4.69) is 55.6 Å². The van der Waals surface area contributed by atoms with Crippen LogP contribution in [-0.2, 0) is 14.3 Å². The Bertz CT molecular complexity index is 1160. The normalized spacial score (nSPS) is 12.9. The van der Waals surface area contributed by atoms with Crippen LogP contribution < -0.4 is 5.32 Å². The smallest absolute Gasteiger partial charge is 0.305 e. The van der Waals surface area contributed by atoms with E-state index in [9.17, 15) is 19.8 Å². The second kappa shape index (κ2) is 58.4. The highest BCUT2D eigenvalue weighted by Gasteiger charge is 2.18. The number of carbonyl (C=O) groups excluding carboxylic acids is 2. The van der Waals surface area contributed by atoms with Gasteiger partial charge >= 0.3 is 5.97 Å². The van der Waals surface area contributed by atoms with Crippen LogP contribution in [0.3, 0.4) is 0 Å². The number of amides is 1. The maximum atomic E-state index is 12.5. The van der Waals surface area contributed by atoms with Crippen molar-refractivity contribution in [3.8, 4) is 0 Å². The highest BCUT2D eigenvalue weighted by Crippen LogP contribution is 2.17. The molecule has 3 N–H and O–H groups in total. The molecule has 0 bridgehead atoms. The molecule has 0 spiro atoms. The zero-order valence-electron chi connectivity index (χ0n) is 46.0. The predicted octanol–water partition coefficient (Wildman–Crippen LogP) is 19.0. The van der Waals surface area contributed by atoms with Crippen molar-refractivity contribution in [3.05, 3.63) is 48.6 Å². The van der Waals surface area contributed by atoms with Crippen molar-refractivity contribution in [1.29, 1.82) is 0 Å². The summed E-state index contributed by atoms with van der Waals surface area (Å²) in [4.78, 5) is 24.6. The molecule has 0 saturated carbocycles. The molecule has 1 amide bonds. The number of hydrogen-bond acceptors (Lipinski definition) is 5. The maximum Gasteiger partial charge on any atom is 0.305 e. The lowest BCUT2D eigenvalue weighted by atomic mass is 10.0. The van der Waals surface area contributed by atoms with Gasteiger partial charge in [-0.3, -0.25) is 9.59 Å². The third-order valence-corrected chi connectivity index (χ3v) is 13.8. The van der Waals surface area contributed by atoms with Gasteiger partial charge in [0.15, 0.2) is 0 Å². The van der Waals surface area contributed by atoms with E-state index in [1.54, 1.807) is 6.08 Å². The highest BCUT2D eigenvalue weighted by molar-refractivity contribution is 5.76. The van der Waals surface area contributed by atoms with Gasteiger partial charge in [0.1, 0.15) is 0 Å². The number of allylic oxidation sites excluding steroid dienone is 7. The molecule has 404 valence electrons. The fraction of sp³-hybridized carbons (Fsp3) is 0.841. The second-order valence-corrected chi connectivity index (χ2v) is 20.7. The first-order chi connectivity index (χ1) is 34.0. The van der Waals surface area contributed by atoms with Crippen LogP contribution in [0.15, 0.2) is 48.6 Å². The second-order valence-electron chi connectivity index (χ2n) is 20.7. The Morgan fingerprint density at radius 3 is 1.17 bits per heavy atom. The summed E-state index contributed by atoms with van der Waals surface area (Å²) < 4.78 is 5.46. The van der Waals surface area contributed by atoms with Crippen LogP contribution in [0, 0.1) is 0 Å². The highest BCUT2D eigenvalue weighted by atomic mass is 16.5. The van der Waals surface area contributed by atoms with E-state index in [1.165, 1.54) is 212 Å². The topological polar surface area (TPSA) is 95.9 Å². The van der Waals surface area contributed by atoms with Gasteiger partial charge < -0.3 is 20.3 Å². The van der Waals surface area contributed by atoms with Gasteiger partial charge in [0, 0.05) is 12.8 Å². The Balaban J connectivity index is 3.54. The first-order valence-electron chi connectivity index (χ1n) is 30.4. The first-order valence-corrected chi connectivity index (χ1v) is 30.4. The molecule has 0 fully saturated rings. The average molecular weight is 969 g/mol. The largest absolute Gasteiger partial charge is 0.466 e. The molecular formula is C63H117NO5. The summed E-state index contributed by atoms with van der Waals surface area (Å²) in [5.74, 6) is -0.168.